The van der Waals surface area contributed by atoms with Gasteiger partial charge < -0.3 is 16.0 Å². The summed E-state index contributed by atoms with van der Waals surface area (Å²) < 4.78 is 17.1. The lowest BCUT2D eigenvalue weighted by molar-refractivity contribution is 0.379. The molecule has 2 aromatic heterocycles. The lowest BCUT2D eigenvalue weighted by Crippen LogP contribution is -2.33. The average Bonchev–Trinajstić information content (AvgIpc) is 3.26. The van der Waals surface area contributed by atoms with Crippen molar-refractivity contribution in [3.63, 3.8) is 0 Å². The zero-order valence-electron chi connectivity index (χ0n) is 15.6. The highest BCUT2D eigenvalue weighted by Crippen LogP contribution is 2.49. The molecule has 1 spiro atoms. The molecule has 0 bridgehead atoms. The van der Waals surface area contributed by atoms with Crippen molar-refractivity contribution in [3.05, 3.63) is 45.4 Å². The highest BCUT2D eigenvalue weighted by atomic mass is 127. The summed E-state index contributed by atoms with van der Waals surface area (Å²) in [5.41, 5.74) is 8.39. The Kier molecular flexibility index (Phi) is 4.24. The summed E-state index contributed by atoms with van der Waals surface area (Å²) in [5, 5.41) is 7.63. The molecule has 3 aromatic rings. The van der Waals surface area contributed by atoms with Gasteiger partial charge in [-0.2, -0.15) is 9.61 Å². The fourth-order valence-electron chi connectivity index (χ4n) is 4.28. The molecule has 3 heterocycles. The first-order chi connectivity index (χ1) is 13.5. The maximum absolute atomic E-state index is 14.4. The number of hydrogen-bond acceptors (Lipinski definition) is 5. The van der Waals surface area contributed by atoms with Crippen molar-refractivity contribution in [2.45, 2.75) is 44.2 Å². The average molecular weight is 492 g/mol. The van der Waals surface area contributed by atoms with Gasteiger partial charge in [-0.1, -0.05) is 0 Å². The minimum absolute atomic E-state index is 0.141. The quantitative estimate of drug-likeness (QED) is 0.428. The van der Waals surface area contributed by atoms with Crippen molar-refractivity contribution in [1.82, 2.24) is 14.6 Å². The Morgan fingerprint density at radius 2 is 1.96 bits per heavy atom. The predicted molar refractivity (Wildman–Crippen MR) is 117 cm³/mol. The number of nitrogens with zero attached hydrogens (tertiary/aromatic N) is 4. The van der Waals surface area contributed by atoms with Crippen LogP contribution < -0.4 is 16.0 Å². The lowest BCUT2D eigenvalue weighted by Gasteiger charge is -2.27. The Labute approximate surface area is 176 Å². The molecule has 6 nitrogen and oxygen atoms in total. The van der Waals surface area contributed by atoms with E-state index in [0.29, 0.717) is 6.04 Å². The number of hydrogen-bond donors (Lipinski definition) is 2. The third-order valence-electron chi connectivity index (χ3n) is 6.06. The zero-order valence-corrected chi connectivity index (χ0v) is 17.8. The lowest BCUT2D eigenvalue weighted by atomic mass is 9.86. The van der Waals surface area contributed by atoms with Crippen LogP contribution in [0.4, 0.5) is 21.7 Å². The Morgan fingerprint density at radius 1 is 1.25 bits per heavy atom. The van der Waals surface area contributed by atoms with Crippen molar-refractivity contribution in [2.75, 3.05) is 16.8 Å². The van der Waals surface area contributed by atoms with Crippen LogP contribution in [0, 0.1) is 16.3 Å². The molecule has 8 heteroatoms. The molecule has 2 fully saturated rings. The van der Waals surface area contributed by atoms with Crippen molar-refractivity contribution in [3.8, 4) is 0 Å². The molecule has 0 radical (unpaired) electrons. The molecule has 1 saturated carbocycles. The number of aromatic nitrogens is 3. The van der Waals surface area contributed by atoms with Gasteiger partial charge in [-0.05, 0) is 79.5 Å². The van der Waals surface area contributed by atoms with Gasteiger partial charge >= 0.3 is 0 Å². The van der Waals surface area contributed by atoms with E-state index in [2.05, 4.69) is 42.9 Å². The van der Waals surface area contributed by atoms with Crippen LogP contribution in [-0.4, -0.2) is 32.7 Å². The van der Waals surface area contributed by atoms with Crippen molar-refractivity contribution in [1.29, 1.82) is 0 Å². The van der Waals surface area contributed by atoms with Gasteiger partial charge in [0.05, 0.1) is 11.7 Å². The molecule has 146 valence electrons. The van der Waals surface area contributed by atoms with Crippen molar-refractivity contribution < 1.29 is 4.39 Å². The topological polar surface area (TPSA) is 71.2 Å². The van der Waals surface area contributed by atoms with Crippen molar-refractivity contribution in [2.24, 2.45) is 5.73 Å². The molecule has 1 saturated heterocycles. The molecule has 0 amide bonds. The van der Waals surface area contributed by atoms with Crippen LogP contribution in [0.5, 0.6) is 0 Å². The van der Waals surface area contributed by atoms with Gasteiger partial charge in [0.2, 0.25) is 0 Å². The molecule has 1 aliphatic heterocycles. The molecule has 28 heavy (non-hydrogen) atoms. The first-order valence-corrected chi connectivity index (χ1v) is 10.6. The highest BCUT2D eigenvalue weighted by Gasteiger charge is 2.54. The van der Waals surface area contributed by atoms with E-state index < -0.39 is 5.82 Å². The van der Waals surface area contributed by atoms with E-state index in [-0.39, 0.29) is 11.2 Å². The van der Waals surface area contributed by atoms with E-state index in [4.69, 9.17) is 5.73 Å². The van der Waals surface area contributed by atoms with E-state index >= 15 is 0 Å². The van der Waals surface area contributed by atoms with Crippen LogP contribution in [0.25, 0.3) is 5.65 Å². The van der Waals surface area contributed by atoms with E-state index in [9.17, 15) is 4.39 Å². The number of anilines is 3. The van der Waals surface area contributed by atoms with Crippen LogP contribution >= 0.6 is 22.6 Å². The second-order valence-electron chi connectivity index (χ2n) is 7.92. The summed E-state index contributed by atoms with van der Waals surface area (Å²) >= 11 is 2.28. The Balaban J connectivity index is 1.56. The molecule has 1 aromatic carbocycles. The molecule has 3 N–H and O–H groups in total. The van der Waals surface area contributed by atoms with Gasteiger partial charge in [-0.15, -0.1) is 0 Å². The fourth-order valence-corrected chi connectivity index (χ4v) is 4.64. The first kappa shape index (κ1) is 18.1. The van der Waals surface area contributed by atoms with Gasteiger partial charge in [0, 0.05) is 27.4 Å². The van der Waals surface area contributed by atoms with Gasteiger partial charge in [-0.25, -0.2) is 9.37 Å². The van der Waals surface area contributed by atoms with Crippen LogP contribution in [0.1, 0.15) is 31.2 Å². The molecular weight excluding hydrogens is 470 g/mol. The number of benzene rings is 1. The molecule has 0 unspecified atom stereocenters. The number of halogens is 2. The smallest absolute Gasteiger partial charge is 0.195 e. The minimum Gasteiger partial charge on any atom is -0.346 e. The highest BCUT2D eigenvalue weighted by molar-refractivity contribution is 14.1. The third kappa shape index (κ3) is 2.93. The fraction of sp³-hybridized carbons (Fsp3) is 0.400. The Bertz CT molecular complexity index is 1040. The first-order valence-electron chi connectivity index (χ1n) is 9.56. The number of rotatable bonds is 3. The zero-order chi connectivity index (χ0) is 19.5. The summed E-state index contributed by atoms with van der Waals surface area (Å²) in [7, 11) is 0. The third-order valence-corrected chi connectivity index (χ3v) is 6.78. The van der Waals surface area contributed by atoms with Crippen molar-refractivity contribution >= 4 is 45.6 Å². The van der Waals surface area contributed by atoms with E-state index in [1.165, 1.54) is 6.20 Å². The van der Waals surface area contributed by atoms with E-state index in [1.54, 1.807) is 4.52 Å². The number of nitrogens with two attached hydrogens (primary N) is 1. The minimum atomic E-state index is -0.409. The largest absolute Gasteiger partial charge is 0.346 e. The summed E-state index contributed by atoms with van der Waals surface area (Å²) in [6.45, 7) is 2.99. The monoisotopic (exact) mass is 492 g/mol. The van der Waals surface area contributed by atoms with Crippen LogP contribution in [-0.2, 0) is 0 Å². The second kappa shape index (κ2) is 6.55. The predicted octanol–water partition coefficient (Wildman–Crippen LogP) is 3.99. The Morgan fingerprint density at radius 3 is 2.68 bits per heavy atom. The Hall–Kier alpha value is -1.94. The summed E-state index contributed by atoms with van der Waals surface area (Å²) in [4.78, 5) is 6.98. The van der Waals surface area contributed by atoms with Crippen LogP contribution in [0.2, 0.25) is 0 Å². The molecule has 2 aliphatic rings. The summed E-state index contributed by atoms with van der Waals surface area (Å²) in [6, 6.07) is 8.38. The molecule has 5 rings (SSSR count). The second-order valence-corrected chi connectivity index (χ2v) is 9.16. The van der Waals surface area contributed by atoms with Gasteiger partial charge in [0.25, 0.3) is 0 Å². The molecule has 1 aliphatic carbocycles. The number of nitrogens with one attached hydrogen (secondary N) is 1. The maximum Gasteiger partial charge on any atom is 0.195 e. The standard InChI is InChI=1S/C20H22FIN6/c1-12-17(27-11-20(27)8-6-14(23)7-9-20)26-19-16(21)10-24-28(19)18(12)25-15-4-2-13(22)3-5-15/h2-5,10,14,25H,6-9,11,23H2,1H3. The summed E-state index contributed by atoms with van der Waals surface area (Å²) in [5.74, 6) is 1.18. The maximum atomic E-state index is 14.4. The van der Waals surface area contributed by atoms with Gasteiger partial charge in [0.15, 0.2) is 11.5 Å². The summed E-state index contributed by atoms with van der Waals surface area (Å²) in [6.07, 6.45) is 5.44. The van der Waals surface area contributed by atoms with E-state index in [1.807, 2.05) is 31.2 Å². The molecular formula is C20H22FIN6. The van der Waals surface area contributed by atoms with Crippen LogP contribution in [0.15, 0.2) is 30.5 Å². The number of fused-ring (bicyclic) bond motifs is 1. The van der Waals surface area contributed by atoms with Gasteiger partial charge in [-0.3, -0.25) is 0 Å². The SMILES string of the molecule is Cc1c(N2CC23CCC(N)CC3)nc2c(F)cnn2c1Nc1ccc(I)cc1. The van der Waals surface area contributed by atoms with Gasteiger partial charge in [0.1, 0.15) is 11.6 Å². The van der Waals surface area contributed by atoms with Crippen LogP contribution in [0.3, 0.4) is 0 Å². The van der Waals surface area contributed by atoms with E-state index in [0.717, 1.165) is 58.7 Å². The normalized spacial score (nSPS) is 24.1. The molecule has 0 atom stereocenters.